The molecule has 0 aromatic rings. The first-order chi connectivity index (χ1) is 30.0. The fourth-order valence-corrected chi connectivity index (χ4v) is 6.82. The average Bonchev–Trinajstić information content (AvgIpc) is 3.26. The van der Waals surface area contributed by atoms with E-state index < -0.39 is 6.10 Å². The molecule has 1 unspecified atom stereocenters. The van der Waals surface area contributed by atoms with E-state index in [1.165, 1.54) is 77.0 Å². The highest BCUT2D eigenvalue weighted by atomic mass is 16.6. The lowest BCUT2D eigenvalue weighted by atomic mass is 10.1. The third kappa shape index (κ3) is 47.7. The molecule has 0 aliphatic carbocycles. The van der Waals surface area contributed by atoms with Crippen molar-refractivity contribution in [3.63, 3.8) is 0 Å². The number of hydrogen-bond acceptors (Lipinski definition) is 6. The lowest BCUT2D eigenvalue weighted by Gasteiger charge is -2.18. The Morgan fingerprint density at radius 2 is 0.656 bits per heavy atom. The molecule has 0 aliphatic heterocycles. The van der Waals surface area contributed by atoms with Crippen molar-refractivity contribution in [3.05, 3.63) is 72.9 Å². The van der Waals surface area contributed by atoms with Gasteiger partial charge in [0.2, 0.25) is 0 Å². The normalized spacial score (nSPS) is 12.6. The summed E-state index contributed by atoms with van der Waals surface area (Å²) in [5.74, 6) is -0.923. The van der Waals surface area contributed by atoms with E-state index in [0.717, 1.165) is 122 Å². The summed E-state index contributed by atoms with van der Waals surface area (Å²) in [6, 6.07) is 0. The van der Waals surface area contributed by atoms with E-state index in [0.29, 0.717) is 19.3 Å². The van der Waals surface area contributed by atoms with E-state index in [4.69, 9.17) is 14.2 Å². The Labute approximate surface area is 376 Å². The van der Waals surface area contributed by atoms with E-state index in [1.54, 1.807) is 0 Å². The van der Waals surface area contributed by atoms with Gasteiger partial charge in [-0.1, -0.05) is 190 Å². The van der Waals surface area contributed by atoms with Crippen LogP contribution in [0.3, 0.4) is 0 Å². The molecule has 350 valence electrons. The molecule has 1 atom stereocenters. The molecule has 0 radical (unpaired) electrons. The summed E-state index contributed by atoms with van der Waals surface area (Å²) in [7, 11) is 0. The quantitative estimate of drug-likeness (QED) is 0.0263. The Morgan fingerprint density at radius 3 is 1.07 bits per heavy atom. The van der Waals surface area contributed by atoms with Gasteiger partial charge < -0.3 is 14.2 Å². The van der Waals surface area contributed by atoms with Crippen molar-refractivity contribution in [2.75, 3.05) is 13.2 Å². The van der Waals surface area contributed by atoms with Crippen molar-refractivity contribution in [2.45, 2.75) is 245 Å². The van der Waals surface area contributed by atoms with Gasteiger partial charge in [-0.25, -0.2) is 0 Å². The molecular weight excluding hydrogens is 757 g/mol. The van der Waals surface area contributed by atoms with Crippen LogP contribution in [0.4, 0.5) is 0 Å². The second-order valence-electron chi connectivity index (χ2n) is 16.7. The number of rotatable bonds is 45. The maximum absolute atomic E-state index is 12.8. The van der Waals surface area contributed by atoms with Crippen molar-refractivity contribution in [1.29, 1.82) is 0 Å². The van der Waals surface area contributed by atoms with Crippen LogP contribution >= 0.6 is 0 Å². The highest BCUT2D eigenvalue weighted by molar-refractivity contribution is 5.71. The zero-order valence-corrected chi connectivity index (χ0v) is 39.9. The Balaban J connectivity index is 4.39. The topological polar surface area (TPSA) is 78.9 Å². The average molecular weight is 851 g/mol. The van der Waals surface area contributed by atoms with Crippen LogP contribution in [0.25, 0.3) is 0 Å². The summed E-state index contributed by atoms with van der Waals surface area (Å²) in [4.78, 5) is 37.9. The molecule has 0 spiro atoms. The molecule has 61 heavy (non-hydrogen) atoms. The Kier molecular flexibility index (Phi) is 46.9. The molecule has 0 saturated carbocycles. The van der Waals surface area contributed by atoms with Gasteiger partial charge in [-0.3, -0.25) is 14.4 Å². The molecule has 0 aromatic carbocycles. The van der Waals surface area contributed by atoms with Crippen LogP contribution in [-0.2, 0) is 28.6 Å². The largest absolute Gasteiger partial charge is 0.462 e. The van der Waals surface area contributed by atoms with Crippen molar-refractivity contribution in [1.82, 2.24) is 0 Å². The molecule has 0 aromatic heterocycles. The smallest absolute Gasteiger partial charge is 0.306 e. The molecule has 0 aliphatic rings. The van der Waals surface area contributed by atoms with Crippen LogP contribution in [0.2, 0.25) is 0 Å². The highest BCUT2D eigenvalue weighted by Gasteiger charge is 2.19. The standard InChI is InChI=1S/C55H94O6/c1-4-7-10-13-16-19-22-24-26-28-30-31-33-36-39-42-45-48-54(57)60-51-52(50-59-53(56)47-44-41-38-35-21-18-15-12-9-6-3)61-55(58)49-46-43-40-37-34-32-29-27-25-23-20-17-14-11-8-5-2/h8,11,15-20,24-27,52H,4-7,9-10,12-14,21-23,28-51H2,1-3H3/b11-8-,18-15-,19-16-,20-17-,26-24-,27-25-. The highest BCUT2D eigenvalue weighted by Crippen LogP contribution is 2.14. The van der Waals surface area contributed by atoms with E-state index >= 15 is 0 Å². The van der Waals surface area contributed by atoms with Crippen LogP contribution < -0.4 is 0 Å². The number of unbranched alkanes of at least 4 members (excludes halogenated alkanes) is 22. The molecule has 0 rings (SSSR count). The lowest BCUT2D eigenvalue weighted by Crippen LogP contribution is -2.30. The van der Waals surface area contributed by atoms with Crippen LogP contribution in [0.5, 0.6) is 0 Å². The number of carbonyl (C=O) groups excluding carboxylic acids is 3. The molecule has 6 heteroatoms. The fraction of sp³-hybridized carbons (Fsp3) is 0.727. The minimum absolute atomic E-state index is 0.0889. The summed E-state index contributed by atoms with van der Waals surface area (Å²) >= 11 is 0. The predicted molar refractivity (Wildman–Crippen MR) is 261 cm³/mol. The summed E-state index contributed by atoms with van der Waals surface area (Å²) < 4.78 is 16.7. The fourth-order valence-electron chi connectivity index (χ4n) is 6.82. The third-order valence-corrected chi connectivity index (χ3v) is 10.7. The number of hydrogen-bond donors (Lipinski definition) is 0. The van der Waals surface area contributed by atoms with Crippen molar-refractivity contribution >= 4 is 17.9 Å². The third-order valence-electron chi connectivity index (χ3n) is 10.7. The summed E-state index contributed by atoms with van der Waals surface area (Å²) in [6.07, 6.45) is 61.7. The zero-order chi connectivity index (χ0) is 44.4. The van der Waals surface area contributed by atoms with Crippen molar-refractivity contribution in [3.8, 4) is 0 Å². The zero-order valence-electron chi connectivity index (χ0n) is 39.9. The number of carbonyl (C=O) groups is 3. The second kappa shape index (κ2) is 49.5. The molecule has 6 nitrogen and oxygen atoms in total. The Bertz CT molecular complexity index is 1160. The molecule has 0 heterocycles. The number of ether oxygens (including phenoxy) is 3. The lowest BCUT2D eigenvalue weighted by molar-refractivity contribution is -0.167. The van der Waals surface area contributed by atoms with E-state index in [2.05, 4.69) is 93.7 Å². The maximum atomic E-state index is 12.8. The second-order valence-corrected chi connectivity index (χ2v) is 16.7. The summed E-state index contributed by atoms with van der Waals surface area (Å²) in [6.45, 7) is 6.43. The number of esters is 3. The minimum Gasteiger partial charge on any atom is -0.462 e. The Morgan fingerprint density at radius 1 is 0.344 bits per heavy atom. The van der Waals surface area contributed by atoms with Crippen molar-refractivity contribution in [2.24, 2.45) is 0 Å². The molecular formula is C55H94O6. The van der Waals surface area contributed by atoms with Gasteiger partial charge in [0.15, 0.2) is 6.10 Å². The molecule has 0 saturated heterocycles. The van der Waals surface area contributed by atoms with E-state index in [-0.39, 0.29) is 31.1 Å². The van der Waals surface area contributed by atoms with Gasteiger partial charge >= 0.3 is 17.9 Å². The Hall–Kier alpha value is -3.15. The predicted octanol–water partition coefficient (Wildman–Crippen LogP) is 16.6. The van der Waals surface area contributed by atoms with E-state index in [9.17, 15) is 14.4 Å². The van der Waals surface area contributed by atoms with Crippen LogP contribution in [0, 0.1) is 0 Å². The molecule has 0 amide bonds. The molecule has 0 fully saturated rings. The van der Waals surface area contributed by atoms with Gasteiger partial charge in [0.1, 0.15) is 13.2 Å². The van der Waals surface area contributed by atoms with Crippen LogP contribution in [-0.4, -0.2) is 37.2 Å². The molecule has 0 bridgehead atoms. The summed E-state index contributed by atoms with van der Waals surface area (Å²) in [5, 5.41) is 0. The number of allylic oxidation sites excluding steroid dienone is 12. The van der Waals surface area contributed by atoms with Crippen molar-refractivity contribution < 1.29 is 28.6 Å². The first kappa shape index (κ1) is 57.9. The minimum atomic E-state index is -0.789. The summed E-state index contributed by atoms with van der Waals surface area (Å²) in [5.41, 5.74) is 0. The van der Waals surface area contributed by atoms with Gasteiger partial charge in [-0.15, -0.1) is 0 Å². The van der Waals surface area contributed by atoms with Gasteiger partial charge in [0.25, 0.3) is 0 Å². The monoisotopic (exact) mass is 851 g/mol. The van der Waals surface area contributed by atoms with Gasteiger partial charge in [-0.05, 0) is 103 Å². The van der Waals surface area contributed by atoms with Gasteiger partial charge in [0, 0.05) is 19.3 Å². The maximum Gasteiger partial charge on any atom is 0.306 e. The van der Waals surface area contributed by atoms with Crippen LogP contribution in [0.1, 0.15) is 239 Å². The molecule has 0 N–H and O–H groups in total. The first-order valence-electron chi connectivity index (χ1n) is 25.4. The SMILES string of the molecule is CC/C=C\C/C=C\C/C=C\CCCCCCCCC(=O)OC(COC(=O)CCCCCC/C=C\CCCC)COC(=O)CCCCCCCCC/C=C\C/C=C\CCCCC. The van der Waals surface area contributed by atoms with Crippen LogP contribution in [0.15, 0.2) is 72.9 Å². The van der Waals surface area contributed by atoms with Gasteiger partial charge in [0.05, 0.1) is 0 Å². The van der Waals surface area contributed by atoms with E-state index in [1.807, 2.05) is 0 Å². The first-order valence-corrected chi connectivity index (χ1v) is 25.4. The van der Waals surface area contributed by atoms with Gasteiger partial charge in [-0.2, -0.15) is 0 Å².